The molecular weight excluding hydrogens is 381 g/mol. The molecule has 4 aliphatic rings. The van der Waals surface area contributed by atoms with Crippen molar-refractivity contribution in [1.29, 1.82) is 0 Å². The van der Waals surface area contributed by atoms with Crippen LogP contribution < -0.4 is 45.3 Å². The molecule has 4 aliphatic heterocycles. The van der Waals surface area contributed by atoms with Gasteiger partial charge in [0, 0.05) is 35.1 Å². The third-order valence-corrected chi connectivity index (χ3v) is 7.47. The predicted molar refractivity (Wildman–Crippen MR) is 91.3 cm³/mol. The van der Waals surface area contributed by atoms with Gasteiger partial charge in [0.1, 0.15) is 0 Å². The SMILES string of the molecule is C[C@@H](O)[C@H]1C(=O)N2C(C(=O)[O-])=C(S[C@@H]3CN[C@H](C4CC(=O)N4)C3)[C@H](C)[C@H]12.[Na+]. The van der Waals surface area contributed by atoms with Crippen LogP contribution in [0.1, 0.15) is 26.7 Å². The van der Waals surface area contributed by atoms with Gasteiger partial charge >= 0.3 is 29.6 Å². The molecule has 7 atom stereocenters. The molecule has 0 bridgehead atoms. The minimum Gasteiger partial charge on any atom is -0.543 e. The van der Waals surface area contributed by atoms with Crippen molar-refractivity contribution in [3.05, 3.63) is 10.6 Å². The summed E-state index contributed by atoms with van der Waals surface area (Å²) in [6.07, 6.45) is 0.544. The van der Waals surface area contributed by atoms with Gasteiger partial charge in [-0.3, -0.25) is 9.59 Å². The smallest absolute Gasteiger partial charge is 0.543 e. The number of carboxylic acid groups (broad SMARTS) is 1. The molecular formula is C17H22N3NaO5S. The van der Waals surface area contributed by atoms with Gasteiger partial charge < -0.3 is 30.5 Å². The first kappa shape index (κ1) is 21.1. The largest absolute Gasteiger partial charge is 1.00 e. The minimum absolute atomic E-state index is 0. The molecule has 10 heteroatoms. The zero-order valence-corrected chi connectivity index (χ0v) is 18.4. The molecule has 0 aliphatic carbocycles. The summed E-state index contributed by atoms with van der Waals surface area (Å²) >= 11 is 1.49. The number of nitrogens with one attached hydrogen (secondary N) is 2. The molecule has 142 valence electrons. The Morgan fingerprint density at radius 3 is 2.59 bits per heavy atom. The van der Waals surface area contributed by atoms with E-state index >= 15 is 0 Å². The van der Waals surface area contributed by atoms with Crippen molar-refractivity contribution in [1.82, 2.24) is 15.5 Å². The molecule has 4 rings (SSSR count). The van der Waals surface area contributed by atoms with Crippen molar-refractivity contribution >= 4 is 29.5 Å². The first-order valence-electron chi connectivity index (χ1n) is 8.95. The fraction of sp³-hybridized carbons (Fsp3) is 0.706. The fourth-order valence-corrected chi connectivity index (χ4v) is 6.10. The molecule has 8 nitrogen and oxygen atoms in total. The van der Waals surface area contributed by atoms with Gasteiger partial charge in [0.05, 0.1) is 35.8 Å². The first-order chi connectivity index (χ1) is 12.3. The third kappa shape index (κ3) is 3.36. The van der Waals surface area contributed by atoms with Crippen LogP contribution in [-0.4, -0.2) is 63.8 Å². The molecule has 27 heavy (non-hydrogen) atoms. The molecule has 0 spiro atoms. The number of amides is 2. The molecule has 0 aromatic rings. The molecule has 2 amide bonds. The number of hydrogen-bond donors (Lipinski definition) is 3. The Kier molecular flexibility index (Phi) is 6.01. The van der Waals surface area contributed by atoms with E-state index in [2.05, 4.69) is 10.6 Å². The number of fused-ring (bicyclic) bond motifs is 1. The number of nitrogens with zero attached hydrogens (tertiary/aromatic N) is 1. The maximum atomic E-state index is 12.3. The summed E-state index contributed by atoms with van der Waals surface area (Å²) in [7, 11) is 0. The minimum atomic E-state index is -1.34. The number of carbonyl (C=O) groups excluding carboxylic acids is 3. The fourth-order valence-electron chi connectivity index (χ4n) is 4.61. The Labute approximate surface area is 183 Å². The van der Waals surface area contributed by atoms with Gasteiger partial charge in [0.25, 0.3) is 0 Å². The average molecular weight is 403 g/mol. The number of rotatable bonds is 5. The molecule has 0 saturated carbocycles. The second-order valence-corrected chi connectivity index (χ2v) is 8.96. The number of aliphatic hydroxyl groups is 1. The Morgan fingerprint density at radius 1 is 1.37 bits per heavy atom. The Hall–Kier alpha value is -0.580. The standard InChI is InChI=1S/C17H23N3O5S.Na/c1-6-13-12(7(2)21)16(23)20(13)14(17(24)25)15(6)26-8-3-9(18-5-8)10-4-11(22)19-10;/h6-10,12-13,18,21H,3-5H2,1-2H3,(H,19,22)(H,24,25);/q;+1/p-1/t6-,7-,8+,9+,10?,12-,13-;/m1./s1. The van der Waals surface area contributed by atoms with Gasteiger partial charge in [-0.1, -0.05) is 6.92 Å². The van der Waals surface area contributed by atoms with Crippen LogP contribution in [0.2, 0.25) is 0 Å². The van der Waals surface area contributed by atoms with Crippen molar-refractivity contribution < 1.29 is 54.2 Å². The van der Waals surface area contributed by atoms with E-state index in [4.69, 9.17) is 0 Å². The van der Waals surface area contributed by atoms with Crippen molar-refractivity contribution in [2.24, 2.45) is 11.8 Å². The normalized spacial score (nSPS) is 38.6. The van der Waals surface area contributed by atoms with Crippen molar-refractivity contribution in [3.63, 3.8) is 0 Å². The molecule has 4 heterocycles. The summed E-state index contributed by atoms with van der Waals surface area (Å²) in [5.74, 6) is -2.32. The Morgan fingerprint density at radius 2 is 2.04 bits per heavy atom. The van der Waals surface area contributed by atoms with Crippen molar-refractivity contribution in [3.8, 4) is 0 Å². The van der Waals surface area contributed by atoms with E-state index in [0.717, 1.165) is 13.0 Å². The second-order valence-electron chi connectivity index (χ2n) is 7.62. The van der Waals surface area contributed by atoms with Gasteiger partial charge in [0.2, 0.25) is 11.8 Å². The quantitative estimate of drug-likeness (QED) is 0.311. The van der Waals surface area contributed by atoms with E-state index in [1.54, 1.807) is 6.92 Å². The van der Waals surface area contributed by atoms with Gasteiger partial charge in [-0.25, -0.2) is 0 Å². The van der Waals surface area contributed by atoms with Crippen LogP contribution >= 0.6 is 11.8 Å². The summed E-state index contributed by atoms with van der Waals surface area (Å²) in [6, 6.07) is 0.0246. The van der Waals surface area contributed by atoms with E-state index < -0.39 is 18.0 Å². The second kappa shape index (κ2) is 7.68. The van der Waals surface area contributed by atoms with Crippen LogP contribution in [0.5, 0.6) is 0 Å². The van der Waals surface area contributed by atoms with Crippen LogP contribution in [0.3, 0.4) is 0 Å². The van der Waals surface area contributed by atoms with Crippen LogP contribution in [0.25, 0.3) is 0 Å². The van der Waals surface area contributed by atoms with E-state index in [-0.39, 0.29) is 76.4 Å². The van der Waals surface area contributed by atoms with Gasteiger partial charge in [-0.2, -0.15) is 0 Å². The van der Waals surface area contributed by atoms with Crippen LogP contribution in [-0.2, 0) is 14.4 Å². The number of hydrogen-bond acceptors (Lipinski definition) is 7. The zero-order valence-electron chi connectivity index (χ0n) is 15.6. The molecule has 3 saturated heterocycles. The Bertz CT molecular complexity index is 707. The maximum Gasteiger partial charge on any atom is 1.00 e. The maximum absolute atomic E-state index is 12.3. The van der Waals surface area contributed by atoms with E-state index in [1.807, 2.05) is 6.92 Å². The van der Waals surface area contributed by atoms with Crippen LogP contribution in [0.15, 0.2) is 10.6 Å². The van der Waals surface area contributed by atoms with Crippen LogP contribution in [0, 0.1) is 11.8 Å². The van der Waals surface area contributed by atoms with Crippen molar-refractivity contribution in [2.75, 3.05) is 6.54 Å². The van der Waals surface area contributed by atoms with Gasteiger partial charge in [-0.05, 0) is 13.3 Å². The average Bonchev–Trinajstić information content (AvgIpc) is 3.07. The molecule has 0 aromatic carbocycles. The third-order valence-electron chi connectivity index (χ3n) is 5.96. The predicted octanol–water partition coefficient (Wildman–Crippen LogP) is -4.84. The Balaban J connectivity index is 0.00000210. The monoisotopic (exact) mass is 403 g/mol. The number of carbonyl (C=O) groups is 3. The summed E-state index contributed by atoms with van der Waals surface area (Å²) in [6.45, 7) is 4.19. The topological polar surface area (TPSA) is 122 Å². The van der Waals surface area contributed by atoms with Gasteiger partial charge in [-0.15, -0.1) is 11.8 Å². The van der Waals surface area contributed by atoms with Crippen LogP contribution in [0.4, 0.5) is 0 Å². The molecule has 3 fully saturated rings. The molecule has 1 unspecified atom stereocenters. The number of aliphatic hydroxyl groups excluding tert-OH is 1. The number of aliphatic carboxylic acids is 1. The summed E-state index contributed by atoms with van der Waals surface area (Å²) in [5, 5.41) is 28.0. The summed E-state index contributed by atoms with van der Waals surface area (Å²) in [5.41, 5.74) is -0.0326. The number of β-lactam (4-membered cyclic amide) rings is 2. The zero-order chi connectivity index (χ0) is 18.7. The summed E-state index contributed by atoms with van der Waals surface area (Å²) < 4.78 is 0. The molecule has 0 radical (unpaired) electrons. The molecule has 0 aromatic heterocycles. The number of carboxylic acids is 1. The number of thioether (sulfide) groups is 1. The van der Waals surface area contributed by atoms with Gasteiger partial charge in [0.15, 0.2) is 0 Å². The molecule has 3 N–H and O–H groups in total. The van der Waals surface area contributed by atoms with E-state index in [1.165, 1.54) is 16.7 Å². The first-order valence-corrected chi connectivity index (χ1v) is 9.83. The summed E-state index contributed by atoms with van der Waals surface area (Å²) in [4.78, 5) is 37.1. The van der Waals surface area contributed by atoms with Crippen molar-refractivity contribution in [2.45, 2.75) is 56.2 Å². The van der Waals surface area contributed by atoms with E-state index in [9.17, 15) is 24.6 Å². The van der Waals surface area contributed by atoms with E-state index in [0.29, 0.717) is 11.3 Å².